The standard InChI is InChI=1S/C11H12FNO2S/c1-3-10(4-2)13-16(14,15)11-7-5-9(12)6-8-11/h1,5-8,10,13H,4H2,2H3. The van der Waals surface area contributed by atoms with Crippen molar-refractivity contribution in [3.63, 3.8) is 0 Å². The van der Waals surface area contributed by atoms with Crippen LogP contribution in [0.25, 0.3) is 0 Å². The molecule has 0 radical (unpaired) electrons. The molecular weight excluding hydrogens is 229 g/mol. The molecule has 0 fully saturated rings. The fourth-order valence-corrected chi connectivity index (χ4v) is 2.34. The second-order valence-electron chi connectivity index (χ2n) is 3.20. The zero-order chi connectivity index (χ0) is 12.2. The highest BCUT2D eigenvalue weighted by atomic mass is 32.2. The second-order valence-corrected chi connectivity index (χ2v) is 4.92. The summed E-state index contributed by atoms with van der Waals surface area (Å²) in [5, 5.41) is 0. The van der Waals surface area contributed by atoms with Crippen LogP contribution in [-0.4, -0.2) is 14.5 Å². The van der Waals surface area contributed by atoms with E-state index in [1.807, 2.05) is 0 Å². The van der Waals surface area contributed by atoms with Gasteiger partial charge in [-0.05, 0) is 30.7 Å². The summed E-state index contributed by atoms with van der Waals surface area (Å²) < 4.78 is 38.4. The zero-order valence-corrected chi connectivity index (χ0v) is 9.59. The summed E-state index contributed by atoms with van der Waals surface area (Å²) in [4.78, 5) is 0.00241. The third kappa shape index (κ3) is 3.05. The van der Waals surface area contributed by atoms with Crippen LogP contribution in [0.5, 0.6) is 0 Å². The number of benzene rings is 1. The second kappa shape index (κ2) is 5.10. The maximum Gasteiger partial charge on any atom is 0.241 e. The summed E-state index contributed by atoms with van der Waals surface area (Å²) in [5.74, 6) is 1.84. The maximum atomic E-state index is 12.6. The van der Waals surface area contributed by atoms with Gasteiger partial charge in [-0.15, -0.1) is 6.42 Å². The number of nitrogens with one attached hydrogen (secondary N) is 1. The molecule has 1 N–H and O–H groups in total. The quantitative estimate of drug-likeness (QED) is 0.812. The van der Waals surface area contributed by atoms with E-state index in [-0.39, 0.29) is 4.90 Å². The summed E-state index contributed by atoms with van der Waals surface area (Å²) in [6.45, 7) is 1.78. The molecule has 0 aliphatic heterocycles. The van der Waals surface area contributed by atoms with Crippen molar-refractivity contribution in [1.82, 2.24) is 4.72 Å². The molecule has 0 aliphatic rings. The van der Waals surface area contributed by atoms with Crippen LogP contribution >= 0.6 is 0 Å². The average molecular weight is 241 g/mol. The van der Waals surface area contributed by atoms with E-state index in [0.717, 1.165) is 12.1 Å². The molecule has 5 heteroatoms. The molecule has 0 amide bonds. The number of hydrogen-bond donors (Lipinski definition) is 1. The Bertz CT molecular complexity index is 488. The first-order valence-electron chi connectivity index (χ1n) is 4.73. The smallest absolute Gasteiger partial charge is 0.207 e. The van der Waals surface area contributed by atoms with Crippen molar-refractivity contribution >= 4 is 10.0 Å². The van der Waals surface area contributed by atoms with E-state index in [0.29, 0.717) is 6.42 Å². The summed E-state index contributed by atoms with van der Waals surface area (Å²) in [7, 11) is -3.66. The van der Waals surface area contributed by atoms with E-state index in [9.17, 15) is 12.8 Å². The van der Waals surface area contributed by atoms with E-state index in [4.69, 9.17) is 6.42 Å². The summed E-state index contributed by atoms with van der Waals surface area (Å²) in [6.07, 6.45) is 5.65. The number of rotatable bonds is 4. The summed E-state index contributed by atoms with van der Waals surface area (Å²) >= 11 is 0. The predicted molar refractivity (Wildman–Crippen MR) is 59.6 cm³/mol. The van der Waals surface area contributed by atoms with Crippen molar-refractivity contribution < 1.29 is 12.8 Å². The highest BCUT2D eigenvalue weighted by molar-refractivity contribution is 7.89. The molecule has 1 atom stereocenters. The lowest BCUT2D eigenvalue weighted by Gasteiger charge is -2.11. The van der Waals surface area contributed by atoms with Crippen molar-refractivity contribution in [1.29, 1.82) is 0 Å². The predicted octanol–water partition coefficient (Wildman–Crippen LogP) is 1.52. The van der Waals surface area contributed by atoms with Crippen LogP contribution in [0.4, 0.5) is 4.39 Å². The van der Waals surface area contributed by atoms with Gasteiger partial charge in [0.25, 0.3) is 0 Å². The van der Waals surface area contributed by atoms with E-state index < -0.39 is 21.9 Å². The number of sulfonamides is 1. The molecule has 0 bridgehead atoms. The molecule has 1 rings (SSSR count). The molecule has 1 aromatic carbocycles. The summed E-state index contributed by atoms with van der Waals surface area (Å²) in [6, 6.07) is 4.02. The number of terminal acetylenes is 1. The van der Waals surface area contributed by atoms with Gasteiger partial charge >= 0.3 is 0 Å². The van der Waals surface area contributed by atoms with Crippen LogP contribution < -0.4 is 4.72 Å². The number of halogens is 1. The molecule has 1 unspecified atom stereocenters. The Hall–Kier alpha value is -1.38. The monoisotopic (exact) mass is 241 g/mol. The highest BCUT2D eigenvalue weighted by Crippen LogP contribution is 2.10. The third-order valence-corrected chi connectivity index (χ3v) is 3.52. The fourth-order valence-electron chi connectivity index (χ4n) is 1.10. The van der Waals surface area contributed by atoms with Crippen LogP contribution in [0.2, 0.25) is 0 Å². The highest BCUT2D eigenvalue weighted by Gasteiger charge is 2.17. The molecule has 0 aliphatic carbocycles. The van der Waals surface area contributed by atoms with Crippen molar-refractivity contribution in [2.75, 3.05) is 0 Å². The average Bonchev–Trinajstić information content (AvgIpc) is 2.26. The maximum absolute atomic E-state index is 12.6. The van der Waals surface area contributed by atoms with Gasteiger partial charge < -0.3 is 0 Å². The van der Waals surface area contributed by atoms with Crippen LogP contribution in [-0.2, 0) is 10.0 Å². The SMILES string of the molecule is C#CC(CC)NS(=O)(=O)c1ccc(F)cc1. The minimum absolute atomic E-state index is 0.00241. The Morgan fingerprint density at radius 3 is 2.44 bits per heavy atom. The van der Waals surface area contributed by atoms with Crippen LogP contribution in [0.15, 0.2) is 29.2 Å². The van der Waals surface area contributed by atoms with Crippen molar-refractivity contribution in [2.45, 2.75) is 24.3 Å². The largest absolute Gasteiger partial charge is 0.241 e. The van der Waals surface area contributed by atoms with Gasteiger partial charge in [0.1, 0.15) is 5.82 Å². The molecule has 0 heterocycles. The first-order valence-corrected chi connectivity index (χ1v) is 6.22. The lowest BCUT2D eigenvalue weighted by molar-refractivity contribution is 0.570. The normalized spacial score (nSPS) is 13.1. The Morgan fingerprint density at radius 2 is 2.00 bits per heavy atom. The van der Waals surface area contributed by atoms with Crippen molar-refractivity contribution in [3.05, 3.63) is 30.1 Å². The topological polar surface area (TPSA) is 46.2 Å². The van der Waals surface area contributed by atoms with Crippen molar-refractivity contribution in [3.8, 4) is 12.3 Å². The lowest BCUT2D eigenvalue weighted by atomic mass is 10.3. The van der Waals surface area contributed by atoms with Gasteiger partial charge in [0.2, 0.25) is 10.0 Å². The van der Waals surface area contributed by atoms with E-state index in [1.54, 1.807) is 6.92 Å². The Balaban J connectivity index is 2.95. The van der Waals surface area contributed by atoms with Gasteiger partial charge in [-0.1, -0.05) is 12.8 Å². The first-order chi connectivity index (χ1) is 7.49. The molecule has 86 valence electrons. The third-order valence-electron chi connectivity index (χ3n) is 2.03. The molecular formula is C11H12FNO2S. The first kappa shape index (κ1) is 12.7. The molecule has 1 aromatic rings. The van der Waals surface area contributed by atoms with E-state index in [2.05, 4.69) is 10.6 Å². The van der Waals surface area contributed by atoms with Crippen molar-refractivity contribution in [2.24, 2.45) is 0 Å². The minimum atomic E-state index is -3.66. The minimum Gasteiger partial charge on any atom is -0.207 e. The van der Waals surface area contributed by atoms with Gasteiger partial charge in [-0.3, -0.25) is 0 Å². The van der Waals surface area contributed by atoms with E-state index in [1.165, 1.54) is 12.1 Å². The molecule has 0 spiro atoms. The Kier molecular flexibility index (Phi) is 4.05. The van der Waals surface area contributed by atoms with Crippen LogP contribution in [0, 0.1) is 18.2 Å². The van der Waals surface area contributed by atoms with Gasteiger partial charge in [0.05, 0.1) is 10.9 Å². The van der Waals surface area contributed by atoms with E-state index >= 15 is 0 Å². The molecule has 16 heavy (non-hydrogen) atoms. The number of hydrogen-bond acceptors (Lipinski definition) is 2. The van der Waals surface area contributed by atoms with Gasteiger partial charge in [-0.25, -0.2) is 12.8 Å². The van der Waals surface area contributed by atoms with Crippen LogP contribution in [0.1, 0.15) is 13.3 Å². The molecule has 0 saturated carbocycles. The zero-order valence-electron chi connectivity index (χ0n) is 8.77. The molecule has 3 nitrogen and oxygen atoms in total. The molecule has 0 saturated heterocycles. The Labute approximate surface area is 94.7 Å². The van der Waals surface area contributed by atoms with Gasteiger partial charge in [-0.2, -0.15) is 4.72 Å². The van der Waals surface area contributed by atoms with Gasteiger partial charge in [0.15, 0.2) is 0 Å². The molecule has 0 aromatic heterocycles. The fraction of sp³-hybridized carbons (Fsp3) is 0.273. The van der Waals surface area contributed by atoms with Crippen LogP contribution in [0.3, 0.4) is 0 Å². The Morgan fingerprint density at radius 1 is 1.44 bits per heavy atom. The summed E-state index contributed by atoms with van der Waals surface area (Å²) in [5.41, 5.74) is 0. The lowest BCUT2D eigenvalue weighted by Crippen LogP contribution is -2.33. The van der Waals surface area contributed by atoms with Gasteiger partial charge in [0, 0.05) is 0 Å².